The van der Waals surface area contributed by atoms with Crippen molar-refractivity contribution < 1.29 is 0 Å². The van der Waals surface area contributed by atoms with Gasteiger partial charge in [-0.05, 0) is 109 Å². The predicted octanol–water partition coefficient (Wildman–Crippen LogP) is 17.0. The number of hydrogen-bond donors (Lipinski definition) is 0. The lowest BCUT2D eigenvalue weighted by Crippen LogP contribution is -2.11. The molecule has 11 rings (SSSR count). The van der Waals surface area contributed by atoms with Crippen LogP contribution in [0.3, 0.4) is 0 Å². The van der Waals surface area contributed by atoms with Gasteiger partial charge in [-0.1, -0.05) is 188 Å². The fraction of sp³-hybridized carbons (Fsp3) is 0. The number of rotatable bonds is 8. The number of nitrogens with zero attached hydrogens (tertiary/aromatic N) is 1. The fourth-order valence-electron chi connectivity index (χ4n) is 8.66. The number of para-hydroxylation sites is 1. The Morgan fingerprint density at radius 2 is 0.750 bits per heavy atom. The summed E-state index contributed by atoms with van der Waals surface area (Å²) in [4.78, 5) is 2.42. The quantitative estimate of drug-likeness (QED) is 0.148. The molecule has 10 aromatic carbocycles. The highest BCUT2D eigenvalue weighted by Gasteiger charge is 2.20. The van der Waals surface area contributed by atoms with Gasteiger partial charge in [0, 0.05) is 37.1 Å². The van der Waals surface area contributed by atoms with Gasteiger partial charge in [-0.3, -0.25) is 0 Å². The van der Waals surface area contributed by atoms with Crippen LogP contribution >= 0.6 is 11.3 Å². The lowest BCUT2D eigenvalue weighted by molar-refractivity contribution is 1.28. The van der Waals surface area contributed by atoms with Crippen molar-refractivity contribution in [1.29, 1.82) is 0 Å². The third-order valence-corrected chi connectivity index (χ3v) is 12.8. The van der Waals surface area contributed by atoms with Gasteiger partial charge >= 0.3 is 0 Å². The molecule has 0 atom stereocenters. The van der Waals surface area contributed by atoms with Gasteiger partial charge in [0.05, 0.1) is 5.69 Å². The Morgan fingerprint density at radius 1 is 0.267 bits per heavy atom. The molecule has 1 aromatic heterocycles. The summed E-state index contributed by atoms with van der Waals surface area (Å²) >= 11 is 1.88. The smallest absolute Gasteiger partial charge is 0.0540 e. The molecule has 0 aliphatic heterocycles. The van der Waals surface area contributed by atoms with Gasteiger partial charge in [-0.15, -0.1) is 11.3 Å². The molecular weight excluding hydrogens is 743 g/mol. The molecule has 0 aliphatic rings. The Bertz CT molecular complexity index is 3280. The summed E-state index contributed by atoms with van der Waals surface area (Å²) in [5.41, 5.74) is 15.3. The lowest BCUT2D eigenvalue weighted by atomic mass is 9.92. The molecule has 0 spiro atoms. The summed E-state index contributed by atoms with van der Waals surface area (Å²) in [6, 6.07) is 86.1. The predicted molar refractivity (Wildman–Crippen MR) is 259 cm³/mol. The minimum absolute atomic E-state index is 1.09. The van der Waals surface area contributed by atoms with Crippen LogP contribution < -0.4 is 4.90 Å². The van der Waals surface area contributed by atoms with Crippen molar-refractivity contribution in [2.45, 2.75) is 0 Å². The van der Waals surface area contributed by atoms with Crippen LogP contribution in [0.2, 0.25) is 0 Å². The Kier molecular flexibility index (Phi) is 9.11. The minimum atomic E-state index is 1.09. The van der Waals surface area contributed by atoms with Gasteiger partial charge in [0.2, 0.25) is 0 Å². The molecule has 0 amide bonds. The Labute approximate surface area is 354 Å². The van der Waals surface area contributed by atoms with E-state index in [1.54, 1.807) is 0 Å². The Morgan fingerprint density at radius 3 is 1.42 bits per heavy atom. The van der Waals surface area contributed by atoms with E-state index in [2.05, 4.69) is 241 Å². The van der Waals surface area contributed by atoms with Gasteiger partial charge in [0.1, 0.15) is 0 Å². The van der Waals surface area contributed by atoms with Crippen molar-refractivity contribution in [3.8, 4) is 55.6 Å². The van der Waals surface area contributed by atoms with Crippen molar-refractivity contribution in [3.05, 3.63) is 237 Å². The normalized spacial score (nSPS) is 11.3. The van der Waals surface area contributed by atoms with Gasteiger partial charge in [0.15, 0.2) is 0 Å². The Hall–Kier alpha value is -7.52. The zero-order valence-corrected chi connectivity index (χ0v) is 33.7. The molecule has 0 bridgehead atoms. The van der Waals surface area contributed by atoms with Crippen LogP contribution in [-0.2, 0) is 0 Å². The molecule has 2 heteroatoms. The van der Waals surface area contributed by atoms with Crippen molar-refractivity contribution in [2.24, 2.45) is 0 Å². The monoisotopic (exact) mass is 781 g/mol. The van der Waals surface area contributed by atoms with Crippen LogP contribution in [0.4, 0.5) is 17.1 Å². The summed E-state index contributed by atoms with van der Waals surface area (Å²) < 4.78 is 2.62. The number of thiophene rings is 1. The molecule has 11 aromatic rings. The molecule has 0 saturated heterocycles. The molecule has 60 heavy (non-hydrogen) atoms. The molecule has 282 valence electrons. The molecular formula is C58H39NS. The van der Waals surface area contributed by atoms with Crippen LogP contribution in [0.1, 0.15) is 0 Å². The summed E-state index contributed by atoms with van der Waals surface area (Å²) in [5.74, 6) is 0. The van der Waals surface area contributed by atoms with Gasteiger partial charge in [-0.2, -0.15) is 0 Å². The topological polar surface area (TPSA) is 3.24 Å². The first-order chi connectivity index (χ1) is 29.7. The average molecular weight is 782 g/mol. The second kappa shape index (κ2) is 15.3. The van der Waals surface area contributed by atoms with Crippen LogP contribution in [0, 0.1) is 0 Å². The Balaban J connectivity index is 1.04. The van der Waals surface area contributed by atoms with E-state index >= 15 is 0 Å². The minimum Gasteiger partial charge on any atom is -0.310 e. The maximum absolute atomic E-state index is 2.42. The third-order valence-electron chi connectivity index (χ3n) is 11.7. The van der Waals surface area contributed by atoms with Crippen molar-refractivity contribution >= 4 is 59.3 Å². The van der Waals surface area contributed by atoms with Crippen LogP contribution in [0.15, 0.2) is 237 Å². The maximum atomic E-state index is 2.42. The fourth-order valence-corrected chi connectivity index (χ4v) is 9.83. The van der Waals surface area contributed by atoms with Gasteiger partial charge in [0.25, 0.3) is 0 Å². The largest absolute Gasteiger partial charge is 0.310 e. The van der Waals surface area contributed by atoms with E-state index in [1.807, 2.05) is 11.3 Å². The summed E-state index contributed by atoms with van der Waals surface area (Å²) in [7, 11) is 0. The standard InChI is InChI=1S/C58H39NS/c1-4-14-40(15-5-1)41-24-26-42(27-25-41)43-28-31-49(32-29-43)59(56-23-13-12-22-52(56)44-16-6-2-7-17-44)50-33-35-51(54(39-50)45-18-8-3-9-19-45)48-30-34-53-55-36-46-20-10-11-21-47(46)37-58(55)60-57(53)38-48/h1-39H. The number of benzene rings is 10. The highest BCUT2D eigenvalue weighted by molar-refractivity contribution is 7.25. The van der Waals surface area contributed by atoms with E-state index in [9.17, 15) is 0 Å². The van der Waals surface area contributed by atoms with Crippen LogP contribution in [0.25, 0.3) is 86.6 Å². The molecule has 1 nitrogen and oxygen atoms in total. The summed E-state index contributed by atoms with van der Waals surface area (Å²) in [5, 5.41) is 5.19. The number of hydrogen-bond acceptors (Lipinski definition) is 2. The molecule has 0 radical (unpaired) electrons. The highest BCUT2D eigenvalue weighted by Crippen LogP contribution is 2.45. The molecule has 0 saturated carbocycles. The molecule has 0 aliphatic carbocycles. The number of fused-ring (bicyclic) bond motifs is 4. The van der Waals surface area contributed by atoms with E-state index in [0.29, 0.717) is 0 Å². The van der Waals surface area contributed by atoms with Gasteiger partial charge < -0.3 is 4.90 Å². The van der Waals surface area contributed by atoms with E-state index in [1.165, 1.54) is 86.6 Å². The third kappa shape index (κ3) is 6.63. The maximum Gasteiger partial charge on any atom is 0.0540 e. The molecule has 1 heterocycles. The summed E-state index contributed by atoms with van der Waals surface area (Å²) in [6.45, 7) is 0. The zero-order chi connectivity index (χ0) is 39.8. The first-order valence-corrected chi connectivity index (χ1v) is 21.3. The van der Waals surface area contributed by atoms with E-state index in [0.717, 1.165) is 17.1 Å². The first kappa shape index (κ1) is 35.6. The summed E-state index contributed by atoms with van der Waals surface area (Å²) in [6.07, 6.45) is 0. The first-order valence-electron chi connectivity index (χ1n) is 20.5. The highest BCUT2D eigenvalue weighted by atomic mass is 32.1. The lowest BCUT2D eigenvalue weighted by Gasteiger charge is -2.29. The molecule has 0 N–H and O–H groups in total. The van der Waals surface area contributed by atoms with Crippen molar-refractivity contribution in [3.63, 3.8) is 0 Å². The number of anilines is 3. The molecule has 0 unspecified atom stereocenters. The SMILES string of the molecule is c1ccc(-c2ccc(-c3ccc(N(c4ccc(-c5ccc6c(c5)sc5cc7ccccc7cc56)c(-c5ccccc5)c4)c4ccccc4-c4ccccc4)cc3)cc2)cc1. The van der Waals surface area contributed by atoms with E-state index < -0.39 is 0 Å². The van der Waals surface area contributed by atoms with Crippen LogP contribution in [0.5, 0.6) is 0 Å². The van der Waals surface area contributed by atoms with E-state index in [-0.39, 0.29) is 0 Å². The van der Waals surface area contributed by atoms with Crippen LogP contribution in [-0.4, -0.2) is 0 Å². The van der Waals surface area contributed by atoms with Crippen molar-refractivity contribution in [2.75, 3.05) is 4.90 Å². The van der Waals surface area contributed by atoms with Gasteiger partial charge in [-0.25, -0.2) is 0 Å². The second-order valence-corrected chi connectivity index (χ2v) is 16.4. The zero-order valence-electron chi connectivity index (χ0n) is 32.9. The van der Waals surface area contributed by atoms with E-state index in [4.69, 9.17) is 0 Å². The molecule has 0 fully saturated rings. The average Bonchev–Trinajstić information content (AvgIpc) is 3.68. The van der Waals surface area contributed by atoms with Crippen molar-refractivity contribution in [1.82, 2.24) is 0 Å². The second-order valence-electron chi connectivity index (χ2n) is 15.3.